The van der Waals surface area contributed by atoms with Crippen molar-refractivity contribution < 1.29 is 10.9 Å². The molecule has 156 valence electrons. The number of nitrogens with zero attached hydrogens (tertiary/aromatic N) is 5. The van der Waals surface area contributed by atoms with Crippen LogP contribution in [0.5, 0.6) is 6.01 Å². The lowest BCUT2D eigenvalue weighted by Gasteiger charge is -2.30. The van der Waals surface area contributed by atoms with E-state index in [1.807, 2.05) is 24.3 Å². The zero-order valence-corrected chi connectivity index (χ0v) is 16.4. The van der Waals surface area contributed by atoms with Crippen molar-refractivity contribution in [3.63, 3.8) is 0 Å². The molecule has 0 atom stereocenters. The van der Waals surface area contributed by atoms with E-state index in [4.69, 9.17) is 15.2 Å². The maximum absolute atomic E-state index is 6.13. The molecule has 29 heavy (non-hydrogen) atoms. The normalized spacial score (nSPS) is 22.6. The lowest BCUT2D eigenvalue weighted by molar-refractivity contribution is 0.121. The predicted octanol–water partition coefficient (Wildman–Crippen LogP) is 2.37. The van der Waals surface area contributed by atoms with E-state index < -0.39 is 0 Å². The zero-order valence-electron chi connectivity index (χ0n) is 16.4. The highest BCUT2D eigenvalue weighted by atomic mass is 16.5. The molecular formula is C20H29N7O2. The molecule has 1 saturated carbocycles. The summed E-state index contributed by atoms with van der Waals surface area (Å²) in [5, 5.41) is 3.49. The molecule has 2 aromatic heterocycles. The van der Waals surface area contributed by atoms with Crippen LogP contribution >= 0.6 is 0 Å². The molecule has 0 amide bonds. The van der Waals surface area contributed by atoms with Crippen LogP contribution < -0.4 is 20.7 Å². The van der Waals surface area contributed by atoms with Crippen molar-refractivity contribution in [2.45, 2.75) is 37.8 Å². The number of aromatic nitrogens is 3. The number of anilines is 2. The number of morpholine rings is 1. The van der Waals surface area contributed by atoms with Gasteiger partial charge in [-0.05, 0) is 37.8 Å². The summed E-state index contributed by atoms with van der Waals surface area (Å²) in [4.78, 5) is 19.6. The average Bonchev–Trinajstić information content (AvgIpc) is 2.77. The quantitative estimate of drug-likeness (QED) is 0.563. The van der Waals surface area contributed by atoms with Crippen LogP contribution in [0.1, 0.15) is 27.1 Å². The molecule has 1 aliphatic carbocycles. The number of nitrogens with one attached hydrogen (secondary N) is 1. The van der Waals surface area contributed by atoms with Gasteiger partial charge in [0.2, 0.25) is 0 Å². The number of nitrogens with two attached hydrogens (primary N) is 1. The van der Waals surface area contributed by atoms with E-state index in [2.05, 4.69) is 30.2 Å². The molecule has 0 radical (unpaired) electrons. The van der Waals surface area contributed by atoms with Crippen molar-refractivity contribution >= 4 is 23.8 Å². The van der Waals surface area contributed by atoms with E-state index in [1.54, 1.807) is 6.20 Å². The monoisotopic (exact) mass is 399 g/mol. The maximum atomic E-state index is 6.13. The number of hydrogen-bond acceptors (Lipinski definition) is 8. The fourth-order valence-corrected chi connectivity index (χ4v) is 3.68. The fraction of sp³-hybridized carbons (Fsp3) is 0.500. The van der Waals surface area contributed by atoms with Crippen LogP contribution in [-0.2, 0) is 4.74 Å². The van der Waals surface area contributed by atoms with Gasteiger partial charge in [0.1, 0.15) is 17.7 Å². The molecular weight excluding hydrogens is 370 g/mol. The lowest BCUT2D eigenvalue weighted by Crippen LogP contribution is -2.37. The molecule has 1 saturated heterocycles. The minimum absolute atomic E-state index is 0. The van der Waals surface area contributed by atoms with Gasteiger partial charge in [-0.3, -0.25) is 0 Å². The number of aliphatic imine (C=N–C) groups is 1. The molecule has 0 spiro atoms. The Morgan fingerprint density at radius 1 is 1.21 bits per heavy atom. The van der Waals surface area contributed by atoms with Crippen molar-refractivity contribution in [2.24, 2.45) is 10.7 Å². The number of rotatable bonds is 6. The minimum atomic E-state index is 0. The summed E-state index contributed by atoms with van der Waals surface area (Å²) >= 11 is 0. The molecule has 4 rings (SSSR count). The average molecular weight is 399 g/mol. The molecule has 9 heteroatoms. The van der Waals surface area contributed by atoms with Crippen LogP contribution in [0.15, 0.2) is 35.5 Å². The molecule has 3 N–H and O–H groups in total. The highest BCUT2D eigenvalue weighted by Gasteiger charge is 2.24. The van der Waals surface area contributed by atoms with Crippen molar-refractivity contribution in [1.29, 1.82) is 0 Å². The van der Waals surface area contributed by atoms with Crippen LogP contribution in [0.3, 0.4) is 0 Å². The Hall–Kier alpha value is -2.94. The topological polar surface area (TPSA) is 111 Å². The summed E-state index contributed by atoms with van der Waals surface area (Å²) in [6, 6.07) is 8.50. The third kappa shape index (κ3) is 5.32. The summed E-state index contributed by atoms with van der Waals surface area (Å²) < 4.78 is 11.6. The second-order valence-corrected chi connectivity index (χ2v) is 7.20. The van der Waals surface area contributed by atoms with E-state index in [1.165, 1.54) is 6.34 Å². The smallest absolute Gasteiger partial charge is 0.320 e. The Labute approximate surface area is 171 Å². The summed E-state index contributed by atoms with van der Waals surface area (Å²) in [6.45, 7) is 2.94. The number of ether oxygens (including phenoxy) is 2. The van der Waals surface area contributed by atoms with Gasteiger partial charge in [-0.15, -0.1) is 0 Å². The molecule has 2 fully saturated rings. The molecule has 0 aromatic carbocycles. The van der Waals surface area contributed by atoms with Gasteiger partial charge in [-0.1, -0.05) is 6.07 Å². The highest BCUT2D eigenvalue weighted by Crippen LogP contribution is 2.27. The van der Waals surface area contributed by atoms with E-state index in [0.717, 1.165) is 50.4 Å². The zero-order chi connectivity index (χ0) is 19.9. The predicted molar refractivity (Wildman–Crippen MR) is 114 cm³/mol. The van der Waals surface area contributed by atoms with Gasteiger partial charge >= 0.3 is 6.01 Å². The van der Waals surface area contributed by atoms with Crippen LogP contribution in [0.2, 0.25) is 0 Å². The summed E-state index contributed by atoms with van der Waals surface area (Å²) in [6.07, 6.45) is 7.03. The first-order valence-corrected chi connectivity index (χ1v) is 10.1. The van der Waals surface area contributed by atoms with E-state index in [0.29, 0.717) is 31.1 Å². The number of pyridine rings is 1. The van der Waals surface area contributed by atoms with Gasteiger partial charge in [-0.25, -0.2) is 9.98 Å². The second-order valence-electron chi connectivity index (χ2n) is 7.20. The Bertz CT molecular complexity index is 810. The minimum Gasteiger partial charge on any atom is -0.460 e. The first-order valence-electron chi connectivity index (χ1n) is 10.1. The van der Waals surface area contributed by atoms with Crippen LogP contribution in [0, 0.1) is 0 Å². The molecule has 2 aromatic rings. The van der Waals surface area contributed by atoms with Gasteiger partial charge in [0.05, 0.1) is 19.6 Å². The Balaban J connectivity index is 0.00000256. The third-order valence-electron chi connectivity index (χ3n) is 5.18. The second kappa shape index (κ2) is 9.51. The Morgan fingerprint density at radius 3 is 2.76 bits per heavy atom. The Morgan fingerprint density at radius 2 is 2.03 bits per heavy atom. The van der Waals surface area contributed by atoms with E-state index >= 15 is 0 Å². The van der Waals surface area contributed by atoms with Crippen molar-refractivity contribution in [1.82, 2.24) is 15.0 Å². The summed E-state index contributed by atoms with van der Waals surface area (Å²) in [7, 11) is 0. The van der Waals surface area contributed by atoms with Gasteiger partial charge in [0.15, 0.2) is 5.82 Å². The molecule has 9 nitrogen and oxygen atoms in total. The van der Waals surface area contributed by atoms with Gasteiger partial charge in [-0.2, -0.15) is 9.97 Å². The van der Waals surface area contributed by atoms with E-state index in [9.17, 15) is 0 Å². The van der Waals surface area contributed by atoms with Crippen LogP contribution in [-0.4, -0.2) is 59.7 Å². The fourth-order valence-electron chi connectivity index (χ4n) is 3.68. The molecule has 1 aliphatic heterocycles. The third-order valence-corrected chi connectivity index (χ3v) is 5.18. The SMILES string of the molecule is N/C=N\c1cc(N2CCOCC2)nc(OC2CCC(Nc3ccccn3)CC2)n1.[HH]. The van der Waals surface area contributed by atoms with Crippen molar-refractivity contribution in [3.05, 3.63) is 30.5 Å². The molecule has 2 aliphatic rings. The molecule has 0 bridgehead atoms. The largest absolute Gasteiger partial charge is 0.460 e. The lowest BCUT2D eigenvalue weighted by atomic mass is 9.93. The van der Waals surface area contributed by atoms with Gasteiger partial charge in [0.25, 0.3) is 0 Å². The summed E-state index contributed by atoms with van der Waals surface area (Å²) in [5.41, 5.74) is 5.46. The standard InChI is InChI=1S/C20H27N7O2.H2/c21-14-23-18-13-19(27-9-11-28-12-10-27)26-20(25-18)29-16-6-4-15(5-7-16)24-17-3-1-2-8-22-17;/h1-3,8,13-16H,4-7,9-12H2,(H,22,24)(H2,21,23,25,26);1H. The first-order chi connectivity index (χ1) is 14.3. The Kier molecular flexibility index (Phi) is 6.35. The molecule has 3 heterocycles. The van der Waals surface area contributed by atoms with Crippen LogP contribution in [0.25, 0.3) is 0 Å². The van der Waals surface area contributed by atoms with E-state index in [-0.39, 0.29) is 7.53 Å². The van der Waals surface area contributed by atoms with Crippen molar-refractivity contribution in [3.8, 4) is 6.01 Å². The molecule has 0 unspecified atom stereocenters. The first kappa shape index (κ1) is 19.4. The van der Waals surface area contributed by atoms with Crippen LogP contribution in [0.4, 0.5) is 17.5 Å². The van der Waals surface area contributed by atoms with Gasteiger partial charge < -0.3 is 25.4 Å². The summed E-state index contributed by atoms with van der Waals surface area (Å²) in [5.74, 6) is 2.22. The van der Waals surface area contributed by atoms with Crippen molar-refractivity contribution in [2.75, 3.05) is 36.5 Å². The maximum Gasteiger partial charge on any atom is 0.320 e. The van der Waals surface area contributed by atoms with Gasteiger partial charge in [0, 0.05) is 32.8 Å². The number of hydrogen-bond donors (Lipinski definition) is 2. The highest BCUT2D eigenvalue weighted by molar-refractivity contribution is 5.59.